The van der Waals surface area contributed by atoms with Gasteiger partial charge in [-0.25, -0.2) is 0 Å². The van der Waals surface area contributed by atoms with Crippen molar-refractivity contribution in [3.05, 3.63) is 0 Å². The zero-order chi connectivity index (χ0) is 14.6. The van der Waals surface area contributed by atoms with Gasteiger partial charge in [-0.15, -0.1) is 0 Å². The van der Waals surface area contributed by atoms with Gasteiger partial charge in [-0.3, -0.25) is 9.59 Å². The molecule has 0 radical (unpaired) electrons. The number of rotatable bonds is 1. The minimum Gasteiger partial charge on any atom is -0.340 e. The molecule has 2 atom stereocenters. The Balaban J connectivity index is 1.65. The van der Waals surface area contributed by atoms with Gasteiger partial charge in [0.15, 0.2) is 0 Å². The third-order valence-electron chi connectivity index (χ3n) is 6.24. The molecule has 2 unspecified atom stereocenters. The van der Waals surface area contributed by atoms with Crippen LogP contribution in [0.15, 0.2) is 0 Å². The molecule has 21 heavy (non-hydrogen) atoms. The van der Waals surface area contributed by atoms with E-state index in [1.807, 2.05) is 11.8 Å². The summed E-state index contributed by atoms with van der Waals surface area (Å²) in [6, 6.07) is -0.0622. The van der Waals surface area contributed by atoms with E-state index in [2.05, 4.69) is 10.2 Å². The van der Waals surface area contributed by atoms with Crippen LogP contribution in [-0.4, -0.2) is 58.9 Å². The minimum atomic E-state index is -0.574. The number of piperidine rings is 3. The molecule has 1 aliphatic carbocycles. The summed E-state index contributed by atoms with van der Waals surface area (Å²) in [7, 11) is 0. The summed E-state index contributed by atoms with van der Waals surface area (Å²) in [5.41, 5.74) is -0.574. The molecule has 2 bridgehead atoms. The normalized spacial score (nSPS) is 41.7. The van der Waals surface area contributed by atoms with E-state index >= 15 is 0 Å². The van der Waals surface area contributed by atoms with Crippen LogP contribution in [0.25, 0.3) is 0 Å². The van der Waals surface area contributed by atoms with Crippen LogP contribution in [0, 0.1) is 5.92 Å². The van der Waals surface area contributed by atoms with Crippen LogP contribution in [0.1, 0.15) is 45.4 Å². The maximum absolute atomic E-state index is 13.2. The predicted molar refractivity (Wildman–Crippen MR) is 78.6 cm³/mol. The smallest absolute Gasteiger partial charge is 0.249 e. The van der Waals surface area contributed by atoms with Gasteiger partial charge >= 0.3 is 0 Å². The average Bonchev–Trinajstić information content (AvgIpc) is 2.97. The SMILES string of the molecule is CC1C(=O)NC2(CCCC2)C(=O)N1C1CN2CCC1CC2. The lowest BCUT2D eigenvalue weighted by atomic mass is 9.80. The second kappa shape index (κ2) is 4.70. The number of carbonyl (C=O) groups is 2. The van der Waals surface area contributed by atoms with Crippen molar-refractivity contribution in [3.63, 3.8) is 0 Å². The highest BCUT2D eigenvalue weighted by atomic mass is 16.2. The van der Waals surface area contributed by atoms with E-state index in [1.54, 1.807) is 0 Å². The zero-order valence-electron chi connectivity index (χ0n) is 12.8. The van der Waals surface area contributed by atoms with Crippen LogP contribution in [-0.2, 0) is 9.59 Å². The zero-order valence-corrected chi connectivity index (χ0v) is 12.8. The van der Waals surface area contributed by atoms with Crippen LogP contribution in [0.3, 0.4) is 0 Å². The van der Waals surface area contributed by atoms with Gasteiger partial charge in [0.2, 0.25) is 11.8 Å². The summed E-state index contributed by atoms with van der Waals surface area (Å²) >= 11 is 0. The molecule has 0 aromatic heterocycles. The fourth-order valence-electron chi connectivity index (χ4n) is 4.95. The van der Waals surface area contributed by atoms with Crippen molar-refractivity contribution in [2.24, 2.45) is 5.92 Å². The Kier molecular flexibility index (Phi) is 3.03. The van der Waals surface area contributed by atoms with Crippen LogP contribution in [0.5, 0.6) is 0 Å². The van der Waals surface area contributed by atoms with E-state index in [0.29, 0.717) is 5.92 Å². The second-order valence-corrected chi connectivity index (χ2v) is 7.37. The van der Waals surface area contributed by atoms with Crippen molar-refractivity contribution in [1.82, 2.24) is 15.1 Å². The van der Waals surface area contributed by atoms with Crippen LogP contribution in [0.4, 0.5) is 0 Å². The Hall–Kier alpha value is -1.10. The molecule has 5 rings (SSSR count). The summed E-state index contributed by atoms with van der Waals surface area (Å²) in [5, 5.41) is 3.06. The molecule has 0 aromatic carbocycles. The van der Waals surface area contributed by atoms with E-state index in [-0.39, 0.29) is 23.9 Å². The number of hydrogen-bond donors (Lipinski definition) is 1. The summed E-state index contributed by atoms with van der Waals surface area (Å²) in [4.78, 5) is 30.0. The maximum Gasteiger partial charge on any atom is 0.249 e. The molecule has 5 heteroatoms. The molecule has 4 heterocycles. The molecule has 1 N–H and O–H groups in total. The number of amides is 2. The van der Waals surface area contributed by atoms with Gasteiger partial charge in [0.25, 0.3) is 0 Å². The van der Waals surface area contributed by atoms with Gasteiger partial charge in [-0.05, 0) is 51.6 Å². The molecule has 4 aliphatic heterocycles. The first-order valence-electron chi connectivity index (χ1n) is 8.48. The number of nitrogens with one attached hydrogen (secondary N) is 1. The highest BCUT2D eigenvalue weighted by Crippen LogP contribution is 2.39. The van der Waals surface area contributed by atoms with Crippen molar-refractivity contribution >= 4 is 11.8 Å². The molecular formula is C16H25N3O2. The van der Waals surface area contributed by atoms with Crippen molar-refractivity contribution in [2.75, 3.05) is 19.6 Å². The van der Waals surface area contributed by atoms with Gasteiger partial charge < -0.3 is 15.1 Å². The quantitative estimate of drug-likeness (QED) is 0.775. The standard InChI is InChI=1S/C16H25N3O2/c1-11-14(20)17-16(6-2-3-7-16)15(21)19(11)13-10-18-8-4-12(13)5-9-18/h11-13H,2-10H2,1H3,(H,17,20). The number of hydrogen-bond acceptors (Lipinski definition) is 3. The average molecular weight is 291 g/mol. The molecular weight excluding hydrogens is 266 g/mol. The van der Waals surface area contributed by atoms with Crippen LogP contribution in [0.2, 0.25) is 0 Å². The molecule has 0 aromatic rings. The Morgan fingerprint density at radius 2 is 1.81 bits per heavy atom. The molecule has 5 aliphatic rings. The van der Waals surface area contributed by atoms with E-state index < -0.39 is 5.54 Å². The molecule has 5 nitrogen and oxygen atoms in total. The first kappa shape index (κ1) is 13.6. The fourth-order valence-corrected chi connectivity index (χ4v) is 4.95. The lowest BCUT2D eigenvalue weighted by Gasteiger charge is -2.54. The molecule has 1 spiro atoms. The van der Waals surface area contributed by atoms with Crippen molar-refractivity contribution in [1.29, 1.82) is 0 Å². The van der Waals surface area contributed by atoms with Crippen LogP contribution < -0.4 is 5.32 Å². The third kappa shape index (κ3) is 1.93. The van der Waals surface area contributed by atoms with Gasteiger partial charge in [0, 0.05) is 12.6 Å². The third-order valence-corrected chi connectivity index (χ3v) is 6.24. The monoisotopic (exact) mass is 291 g/mol. The Morgan fingerprint density at radius 1 is 1.14 bits per heavy atom. The maximum atomic E-state index is 13.2. The van der Waals surface area contributed by atoms with Gasteiger partial charge in [0.05, 0.1) is 0 Å². The number of piperazine rings is 1. The highest BCUT2D eigenvalue weighted by molar-refractivity contribution is 6.00. The molecule has 4 saturated heterocycles. The fraction of sp³-hybridized carbons (Fsp3) is 0.875. The van der Waals surface area contributed by atoms with Crippen molar-refractivity contribution in [2.45, 2.75) is 63.1 Å². The van der Waals surface area contributed by atoms with Gasteiger partial charge in [-0.2, -0.15) is 0 Å². The Bertz CT molecular complexity index is 464. The number of fused-ring (bicyclic) bond motifs is 3. The molecule has 1 saturated carbocycles. The second-order valence-electron chi connectivity index (χ2n) is 7.37. The highest BCUT2D eigenvalue weighted by Gasteiger charge is 2.54. The van der Waals surface area contributed by atoms with Gasteiger partial charge in [0.1, 0.15) is 11.6 Å². The van der Waals surface area contributed by atoms with Crippen molar-refractivity contribution < 1.29 is 9.59 Å². The first-order valence-corrected chi connectivity index (χ1v) is 8.48. The van der Waals surface area contributed by atoms with Crippen LogP contribution >= 0.6 is 0 Å². The van der Waals surface area contributed by atoms with Crippen molar-refractivity contribution in [3.8, 4) is 0 Å². The number of carbonyl (C=O) groups excluding carboxylic acids is 2. The Labute approximate surface area is 126 Å². The molecule has 5 fully saturated rings. The number of nitrogens with zero attached hydrogens (tertiary/aromatic N) is 2. The summed E-state index contributed by atoms with van der Waals surface area (Å²) in [6.45, 7) is 5.18. The molecule has 2 amide bonds. The van der Waals surface area contributed by atoms with E-state index in [0.717, 1.165) is 45.3 Å². The summed E-state index contributed by atoms with van der Waals surface area (Å²) in [6.07, 6.45) is 6.10. The Morgan fingerprint density at radius 3 is 2.38 bits per heavy atom. The van der Waals surface area contributed by atoms with E-state index in [1.165, 1.54) is 12.8 Å². The van der Waals surface area contributed by atoms with Gasteiger partial charge in [-0.1, -0.05) is 12.8 Å². The lowest BCUT2D eigenvalue weighted by Crippen LogP contribution is -2.73. The summed E-state index contributed by atoms with van der Waals surface area (Å²) < 4.78 is 0. The lowest BCUT2D eigenvalue weighted by molar-refractivity contribution is -0.161. The first-order chi connectivity index (χ1) is 10.1. The summed E-state index contributed by atoms with van der Waals surface area (Å²) in [5.74, 6) is 0.838. The topological polar surface area (TPSA) is 52.7 Å². The predicted octanol–water partition coefficient (Wildman–Crippen LogP) is 0.740. The largest absolute Gasteiger partial charge is 0.340 e. The van der Waals surface area contributed by atoms with E-state index in [4.69, 9.17) is 0 Å². The minimum absolute atomic E-state index is 0.0490. The van der Waals surface area contributed by atoms with E-state index in [9.17, 15) is 9.59 Å². The molecule has 116 valence electrons.